The second-order valence-corrected chi connectivity index (χ2v) is 4.62. The number of aryl methyl sites for hydroxylation is 1. The van der Waals surface area contributed by atoms with Gasteiger partial charge in [0, 0.05) is 17.4 Å². The van der Waals surface area contributed by atoms with Crippen LogP contribution < -0.4 is 0 Å². The molecule has 2 unspecified atom stereocenters. The predicted molar refractivity (Wildman–Crippen MR) is 52.9 cm³/mol. The fraction of sp³-hybridized carbons (Fsp3) is 0.600. The van der Waals surface area contributed by atoms with Crippen LogP contribution in [-0.2, 0) is 4.74 Å². The van der Waals surface area contributed by atoms with Crippen LogP contribution in [0.3, 0.4) is 0 Å². The third-order valence-corrected chi connectivity index (χ3v) is 3.49. The highest BCUT2D eigenvalue weighted by Gasteiger charge is 2.26. The molecular weight excluding hydrogens is 184 g/mol. The molecule has 0 aliphatic carbocycles. The maximum Gasteiger partial charge on any atom is 0.0851 e. The predicted octanol–water partition coefficient (Wildman–Crippen LogP) is 2.13. The molecule has 0 aromatic carbocycles. The van der Waals surface area contributed by atoms with Gasteiger partial charge in [0.2, 0.25) is 0 Å². The van der Waals surface area contributed by atoms with Gasteiger partial charge in [-0.3, -0.25) is 0 Å². The summed E-state index contributed by atoms with van der Waals surface area (Å²) in [6, 6.07) is 2.02. The molecule has 1 N–H and O–H groups in total. The van der Waals surface area contributed by atoms with E-state index in [4.69, 9.17) is 4.74 Å². The molecule has 0 bridgehead atoms. The van der Waals surface area contributed by atoms with Crippen molar-refractivity contribution < 1.29 is 9.84 Å². The Balaban J connectivity index is 2.12. The van der Waals surface area contributed by atoms with E-state index in [1.54, 1.807) is 11.3 Å². The topological polar surface area (TPSA) is 29.5 Å². The van der Waals surface area contributed by atoms with Crippen LogP contribution in [0, 0.1) is 12.8 Å². The monoisotopic (exact) mass is 198 g/mol. The minimum Gasteiger partial charge on any atom is -0.388 e. The van der Waals surface area contributed by atoms with Crippen LogP contribution in [0.25, 0.3) is 0 Å². The standard InChI is InChI=1S/C10H14O2S/c1-7-9(3-5-13-7)10(11)8-2-4-12-6-8/h3,5,8,10-11H,2,4,6H2,1H3. The summed E-state index contributed by atoms with van der Waals surface area (Å²) in [6.07, 6.45) is 0.657. The first-order chi connectivity index (χ1) is 6.29. The third-order valence-electron chi connectivity index (χ3n) is 2.63. The first-order valence-electron chi connectivity index (χ1n) is 4.59. The average Bonchev–Trinajstić information content (AvgIpc) is 2.72. The number of hydrogen-bond donors (Lipinski definition) is 1. The molecule has 1 saturated heterocycles. The quantitative estimate of drug-likeness (QED) is 0.788. The number of hydrogen-bond acceptors (Lipinski definition) is 3. The van der Waals surface area contributed by atoms with Gasteiger partial charge in [0.05, 0.1) is 12.7 Å². The summed E-state index contributed by atoms with van der Waals surface area (Å²) in [7, 11) is 0. The number of rotatable bonds is 2. The molecule has 0 amide bonds. The van der Waals surface area contributed by atoms with Crippen molar-refractivity contribution in [1.29, 1.82) is 0 Å². The number of aliphatic hydroxyl groups excluding tert-OH is 1. The molecule has 0 radical (unpaired) electrons. The van der Waals surface area contributed by atoms with Gasteiger partial charge in [-0.05, 0) is 30.4 Å². The van der Waals surface area contributed by atoms with Crippen LogP contribution in [0.5, 0.6) is 0 Å². The van der Waals surface area contributed by atoms with E-state index in [1.807, 2.05) is 11.4 Å². The molecular formula is C10H14O2S. The molecule has 0 saturated carbocycles. The van der Waals surface area contributed by atoms with E-state index < -0.39 is 0 Å². The second-order valence-electron chi connectivity index (χ2n) is 3.50. The molecule has 1 aliphatic heterocycles. The Kier molecular flexibility index (Phi) is 2.67. The highest BCUT2D eigenvalue weighted by molar-refractivity contribution is 7.10. The second kappa shape index (κ2) is 3.78. The third kappa shape index (κ3) is 1.77. The Morgan fingerprint density at radius 1 is 1.69 bits per heavy atom. The summed E-state index contributed by atoms with van der Waals surface area (Å²) in [4.78, 5) is 1.22. The molecule has 2 heterocycles. The average molecular weight is 198 g/mol. The minimum absolute atomic E-state index is 0.299. The largest absolute Gasteiger partial charge is 0.388 e. The molecule has 2 nitrogen and oxygen atoms in total. The van der Waals surface area contributed by atoms with Gasteiger partial charge in [-0.25, -0.2) is 0 Å². The molecule has 72 valence electrons. The zero-order valence-electron chi connectivity index (χ0n) is 7.69. The summed E-state index contributed by atoms with van der Waals surface area (Å²) in [6.45, 7) is 3.56. The molecule has 1 aromatic heterocycles. The van der Waals surface area contributed by atoms with Gasteiger partial charge in [0.25, 0.3) is 0 Å². The van der Waals surface area contributed by atoms with Gasteiger partial charge in [-0.15, -0.1) is 11.3 Å². The fourth-order valence-corrected chi connectivity index (χ4v) is 2.50. The lowest BCUT2D eigenvalue weighted by atomic mass is 9.96. The van der Waals surface area contributed by atoms with E-state index in [0.29, 0.717) is 12.5 Å². The van der Waals surface area contributed by atoms with Crippen LogP contribution in [0.2, 0.25) is 0 Å². The molecule has 2 rings (SSSR count). The molecule has 1 aromatic rings. The van der Waals surface area contributed by atoms with Crippen LogP contribution in [-0.4, -0.2) is 18.3 Å². The fourth-order valence-electron chi connectivity index (χ4n) is 1.76. The molecule has 3 heteroatoms. The lowest BCUT2D eigenvalue weighted by Crippen LogP contribution is -2.12. The summed E-state index contributed by atoms with van der Waals surface area (Å²) < 4.78 is 5.26. The number of ether oxygens (including phenoxy) is 1. The summed E-state index contributed by atoms with van der Waals surface area (Å²) in [5.41, 5.74) is 1.08. The zero-order chi connectivity index (χ0) is 9.26. The van der Waals surface area contributed by atoms with Crippen LogP contribution in [0.1, 0.15) is 23.0 Å². The SMILES string of the molecule is Cc1sccc1C(O)C1CCOC1. The van der Waals surface area contributed by atoms with Crippen molar-refractivity contribution in [3.63, 3.8) is 0 Å². The summed E-state index contributed by atoms with van der Waals surface area (Å²) in [5.74, 6) is 0.299. The van der Waals surface area contributed by atoms with Gasteiger partial charge < -0.3 is 9.84 Å². The Hall–Kier alpha value is -0.380. The molecule has 1 fully saturated rings. The van der Waals surface area contributed by atoms with Crippen LogP contribution in [0.4, 0.5) is 0 Å². The molecule has 2 atom stereocenters. The van der Waals surface area contributed by atoms with E-state index in [2.05, 4.69) is 6.92 Å². The summed E-state index contributed by atoms with van der Waals surface area (Å²) >= 11 is 1.69. The Labute approximate surface area is 82.2 Å². The normalized spacial score (nSPS) is 24.9. The number of thiophene rings is 1. The Morgan fingerprint density at radius 2 is 2.54 bits per heavy atom. The van der Waals surface area contributed by atoms with Gasteiger partial charge in [0.15, 0.2) is 0 Å². The molecule has 0 spiro atoms. The van der Waals surface area contributed by atoms with Crippen LogP contribution in [0.15, 0.2) is 11.4 Å². The van der Waals surface area contributed by atoms with E-state index in [0.717, 1.165) is 18.6 Å². The minimum atomic E-state index is -0.325. The number of aliphatic hydroxyl groups is 1. The van der Waals surface area contributed by atoms with Gasteiger partial charge >= 0.3 is 0 Å². The zero-order valence-corrected chi connectivity index (χ0v) is 8.51. The highest BCUT2D eigenvalue weighted by Crippen LogP contribution is 2.32. The van der Waals surface area contributed by atoms with E-state index in [-0.39, 0.29) is 6.10 Å². The summed E-state index contributed by atoms with van der Waals surface area (Å²) in [5, 5.41) is 12.0. The van der Waals surface area contributed by atoms with Crippen molar-refractivity contribution in [2.75, 3.05) is 13.2 Å². The van der Waals surface area contributed by atoms with E-state index in [1.165, 1.54) is 4.88 Å². The lowest BCUT2D eigenvalue weighted by Gasteiger charge is -2.16. The van der Waals surface area contributed by atoms with Crippen molar-refractivity contribution in [3.05, 3.63) is 21.9 Å². The van der Waals surface area contributed by atoms with E-state index in [9.17, 15) is 5.11 Å². The Bertz CT molecular complexity index is 276. The first kappa shape index (κ1) is 9.19. The maximum absolute atomic E-state index is 10.0. The first-order valence-corrected chi connectivity index (χ1v) is 5.47. The van der Waals surface area contributed by atoms with E-state index >= 15 is 0 Å². The van der Waals surface area contributed by atoms with Gasteiger partial charge in [0.1, 0.15) is 0 Å². The van der Waals surface area contributed by atoms with Gasteiger partial charge in [-0.2, -0.15) is 0 Å². The van der Waals surface area contributed by atoms with Crippen molar-refractivity contribution >= 4 is 11.3 Å². The maximum atomic E-state index is 10.0. The van der Waals surface area contributed by atoms with Crippen molar-refractivity contribution in [3.8, 4) is 0 Å². The van der Waals surface area contributed by atoms with Crippen molar-refractivity contribution in [1.82, 2.24) is 0 Å². The van der Waals surface area contributed by atoms with Gasteiger partial charge in [-0.1, -0.05) is 0 Å². The smallest absolute Gasteiger partial charge is 0.0851 e. The van der Waals surface area contributed by atoms with Crippen molar-refractivity contribution in [2.24, 2.45) is 5.92 Å². The molecule has 13 heavy (non-hydrogen) atoms. The Morgan fingerprint density at radius 3 is 3.08 bits per heavy atom. The highest BCUT2D eigenvalue weighted by atomic mass is 32.1. The lowest BCUT2D eigenvalue weighted by molar-refractivity contribution is 0.0917. The molecule has 1 aliphatic rings. The van der Waals surface area contributed by atoms with Crippen LogP contribution >= 0.6 is 11.3 Å². The van der Waals surface area contributed by atoms with Crippen molar-refractivity contribution in [2.45, 2.75) is 19.4 Å².